The molecular formula is C30H47NO11. The summed E-state index contributed by atoms with van der Waals surface area (Å²) >= 11 is 0. The highest BCUT2D eigenvalue weighted by Gasteiger charge is 2.27. The second-order valence-corrected chi connectivity index (χ2v) is 11.0. The lowest BCUT2D eigenvalue weighted by Crippen LogP contribution is -2.41. The van der Waals surface area contributed by atoms with Gasteiger partial charge in [0.15, 0.2) is 11.5 Å². The SMILES string of the molecule is CCCC(C)OC(=O)OCCN[C@@H](Cc1ccc(OC(=O)OC(C)(C)CC)c(OC(=O)OC(C)(C)CC)c1)C(=O)OC. The van der Waals surface area contributed by atoms with Gasteiger partial charge in [0, 0.05) is 6.54 Å². The summed E-state index contributed by atoms with van der Waals surface area (Å²) < 4.78 is 36.6. The molecule has 0 radical (unpaired) electrons. The molecule has 0 amide bonds. The van der Waals surface area contributed by atoms with Crippen molar-refractivity contribution in [1.29, 1.82) is 0 Å². The first-order valence-electron chi connectivity index (χ1n) is 14.2. The first kappa shape index (κ1) is 36.5. The fraction of sp³-hybridized carbons (Fsp3) is 0.667. The van der Waals surface area contributed by atoms with E-state index in [-0.39, 0.29) is 37.2 Å². The van der Waals surface area contributed by atoms with E-state index in [0.717, 1.165) is 12.8 Å². The lowest BCUT2D eigenvalue weighted by atomic mass is 10.1. The average Bonchev–Trinajstić information content (AvgIpc) is 2.90. The Morgan fingerprint density at radius 2 is 1.43 bits per heavy atom. The Bertz CT molecular complexity index is 1040. The molecule has 0 spiro atoms. The van der Waals surface area contributed by atoms with Crippen LogP contribution in [0.25, 0.3) is 0 Å². The zero-order valence-corrected chi connectivity index (χ0v) is 26.3. The molecule has 0 bridgehead atoms. The van der Waals surface area contributed by atoms with E-state index in [0.29, 0.717) is 18.4 Å². The smallest absolute Gasteiger partial charge is 0.468 e. The Morgan fingerprint density at radius 3 is 1.95 bits per heavy atom. The quantitative estimate of drug-likeness (QED) is 0.102. The number of methoxy groups -OCH3 is 1. The molecule has 1 aromatic rings. The number of rotatable bonds is 16. The molecule has 0 saturated heterocycles. The van der Waals surface area contributed by atoms with Gasteiger partial charge in [-0.25, -0.2) is 14.4 Å². The molecule has 1 aromatic carbocycles. The molecule has 0 heterocycles. The van der Waals surface area contributed by atoms with E-state index in [1.54, 1.807) is 40.7 Å². The second-order valence-electron chi connectivity index (χ2n) is 11.0. The summed E-state index contributed by atoms with van der Waals surface area (Å²) in [6, 6.07) is 3.64. The van der Waals surface area contributed by atoms with Crippen LogP contribution in [0.1, 0.15) is 86.6 Å². The summed E-state index contributed by atoms with van der Waals surface area (Å²) in [7, 11) is 1.25. The second kappa shape index (κ2) is 17.4. The van der Waals surface area contributed by atoms with Gasteiger partial charge in [-0.15, -0.1) is 0 Å². The Hall–Kier alpha value is -3.54. The maximum atomic E-state index is 12.6. The monoisotopic (exact) mass is 597 g/mol. The highest BCUT2D eigenvalue weighted by Crippen LogP contribution is 2.31. The van der Waals surface area contributed by atoms with Crippen LogP contribution >= 0.6 is 0 Å². The van der Waals surface area contributed by atoms with Gasteiger partial charge >= 0.3 is 24.4 Å². The zero-order chi connectivity index (χ0) is 31.9. The molecule has 0 aliphatic heterocycles. The Morgan fingerprint density at radius 1 is 0.857 bits per heavy atom. The number of ether oxygens (including phenoxy) is 7. The Labute approximate surface area is 248 Å². The van der Waals surface area contributed by atoms with Crippen molar-refractivity contribution >= 4 is 24.4 Å². The van der Waals surface area contributed by atoms with Gasteiger partial charge in [-0.05, 0) is 78.0 Å². The van der Waals surface area contributed by atoms with Crippen molar-refractivity contribution in [1.82, 2.24) is 5.32 Å². The van der Waals surface area contributed by atoms with Crippen molar-refractivity contribution in [3.8, 4) is 11.5 Å². The topological polar surface area (TPSA) is 145 Å². The molecule has 1 unspecified atom stereocenters. The third-order valence-electron chi connectivity index (χ3n) is 6.45. The van der Waals surface area contributed by atoms with Gasteiger partial charge in [-0.3, -0.25) is 4.79 Å². The number of esters is 1. The van der Waals surface area contributed by atoms with E-state index in [1.807, 2.05) is 20.8 Å². The van der Waals surface area contributed by atoms with E-state index in [9.17, 15) is 19.2 Å². The minimum Gasteiger partial charge on any atom is -0.468 e. The molecule has 238 valence electrons. The van der Waals surface area contributed by atoms with Crippen molar-refractivity contribution in [3.63, 3.8) is 0 Å². The Balaban J connectivity index is 3.06. The molecule has 0 aromatic heterocycles. The molecule has 0 aliphatic rings. The highest BCUT2D eigenvalue weighted by molar-refractivity contribution is 5.76. The van der Waals surface area contributed by atoms with Gasteiger partial charge < -0.3 is 38.5 Å². The van der Waals surface area contributed by atoms with Gasteiger partial charge in [0.2, 0.25) is 0 Å². The van der Waals surface area contributed by atoms with Crippen LogP contribution < -0.4 is 14.8 Å². The van der Waals surface area contributed by atoms with Crippen molar-refractivity contribution in [2.24, 2.45) is 0 Å². The standard InChI is InChI=1S/C30H47NO11/c1-10-13-20(4)38-26(33)37-17-16-31-22(25(32)36-9)18-21-14-15-23(39-27(34)41-29(5,6)11-2)24(19-21)40-28(35)42-30(7,8)12-3/h14-15,19-20,22,31H,10-13,16-18H2,1-9H3/t20?,22-/m0/s1. The predicted octanol–water partition coefficient (Wildman–Crippen LogP) is 6.11. The molecule has 2 atom stereocenters. The van der Waals surface area contributed by atoms with Crippen molar-refractivity contribution in [2.45, 2.75) is 111 Å². The number of nitrogens with one attached hydrogen (secondary N) is 1. The number of carbonyl (C=O) groups excluding carboxylic acids is 4. The van der Waals surface area contributed by atoms with Crippen LogP contribution in [-0.2, 0) is 34.9 Å². The number of hydrogen-bond acceptors (Lipinski definition) is 12. The van der Waals surface area contributed by atoms with E-state index in [2.05, 4.69) is 5.32 Å². The first-order valence-corrected chi connectivity index (χ1v) is 14.2. The lowest BCUT2D eigenvalue weighted by Gasteiger charge is -2.24. The van der Waals surface area contributed by atoms with Crippen LogP contribution in [-0.4, -0.2) is 68.0 Å². The molecule has 1 N–H and O–H groups in total. The fourth-order valence-corrected chi connectivity index (χ4v) is 3.31. The molecule has 0 aliphatic carbocycles. The first-order chi connectivity index (χ1) is 19.6. The molecule has 12 heteroatoms. The van der Waals surface area contributed by atoms with Gasteiger partial charge in [0.25, 0.3) is 0 Å². The number of benzene rings is 1. The molecule has 12 nitrogen and oxygen atoms in total. The lowest BCUT2D eigenvalue weighted by molar-refractivity contribution is -0.143. The highest BCUT2D eigenvalue weighted by atomic mass is 16.8. The molecule has 0 saturated carbocycles. The van der Waals surface area contributed by atoms with Gasteiger partial charge in [-0.2, -0.15) is 0 Å². The van der Waals surface area contributed by atoms with Crippen LogP contribution in [0.3, 0.4) is 0 Å². The van der Waals surface area contributed by atoms with E-state index in [1.165, 1.54) is 19.2 Å². The molecule has 1 rings (SSSR count). The maximum absolute atomic E-state index is 12.6. The summed E-state index contributed by atoms with van der Waals surface area (Å²) in [5, 5.41) is 2.99. The van der Waals surface area contributed by atoms with Crippen molar-refractivity contribution in [3.05, 3.63) is 23.8 Å². The van der Waals surface area contributed by atoms with Gasteiger partial charge in [0.1, 0.15) is 30.0 Å². The predicted molar refractivity (Wildman–Crippen MR) is 154 cm³/mol. The van der Waals surface area contributed by atoms with Crippen LogP contribution in [0.5, 0.6) is 11.5 Å². The van der Waals surface area contributed by atoms with Crippen LogP contribution in [0.15, 0.2) is 18.2 Å². The van der Waals surface area contributed by atoms with Gasteiger partial charge in [-0.1, -0.05) is 33.3 Å². The normalized spacial score (nSPS) is 12.9. The number of carbonyl (C=O) groups is 4. The van der Waals surface area contributed by atoms with Crippen LogP contribution in [0, 0.1) is 0 Å². The summed E-state index contributed by atoms with van der Waals surface area (Å²) in [5.74, 6) is -0.744. The largest absolute Gasteiger partial charge is 0.514 e. The number of hydrogen-bond donors (Lipinski definition) is 1. The molecular weight excluding hydrogens is 550 g/mol. The minimum atomic E-state index is -0.994. The summed E-state index contributed by atoms with van der Waals surface area (Å²) in [6.07, 6.45) is -0.232. The van der Waals surface area contributed by atoms with Crippen LogP contribution in [0.4, 0.5) is 14.4 Å². The fourth-order valence-electron chi connectivity index (χ4n) is 3.31. The zero-order valence-electron chi connectivity index (χ0n) is 26.3. The van der Waals surface area contributed by atoms with E-state index < -0.39 is 41.7 Å². The van der Waals surface area contributed by atoms with E-state index in [4.69, 9.17) is 33.2 Å². The van der Waals surface area contributed by atoms with Crippen molar-refractivity contribution in [2.75, 3.05) is 20.3 Å². The minimum absolute atomic E-state index is 0.0401. The third kappa shape index (κ3) is 13.9. The Kier molecular flexibility index (Phi) is 15.1. The molecule has 42 heavy (non-hydrogen) atoms. The van der Waals surface area contributed by atoms with E-state index >= 15 is 0 Å². The molecule has 0 fully saturated rings. The van der Waals surface area contributed by atoms with Crippen LogP contribution in [0.2, 0.25) is 0 Å². The third-order valence-corrected chi connectivity index (χ3v) is 6.45. The maximum Gasteiger partial charge on any atom is 0.514 e. The summed E-state index contributed by atoms with van der Waals surface area (Å²) in [6.45, 7) is 14.5. The van der Waals surface area contributed by atoms with Crippen molar-refractivity contribution < 1.29 is 52.3 Å². The average molecular weight is 598 g/mol. The summed E-state index contributed by atoms with van der Waals surface area (Å²) in [5.41, 5.74) is -1.02. The van der Waals surface area contributed by atoms with Gasteiger partial charge in [0.05, 0.1) is 7.11 Å². The summed E-state index contributed by atoms with van der Waals surface area (Å²) in [4.78, 5) is 49.3.